The van der Waals surface area contributed by atoms with E-state index in [9.17, 15) is 9.90 Å². The number of aromatic hydroxyl groups is 1. The van der Waals surface area contributed by atoms with Gasteiger partial charge >= 0.3 is 0 Å². The predicted octanol–water partition coefficient (Wildman–Crippen LogP) is 1.32. The molecule has 1 atom stereocenters. The minimum Gasteiger partial charge on any atom is -0.508 e. The van der Waals surface area contributed by atoms with Gasteiger partial charge in [-0.15, -0.1) is 10.2 Å². The van der Waals surface area contributed by atoms with Crippen molar-refractivity contribution >= 4 is 5.91 Å². The number of rotatable bonds is 3. The van der Waals surface area contributed by atoms with E-state index in [1.807, 2.05) is 14.0 Å². The van der Waals surface area contributed by atoms with Crippen LogP contribution in [0, 0.1) is 6.92 Å². The Morgan fingerprint density at radius 1 is 1.47 bits per heavy atom. The lowest BCUT2D eigenvalue weighted by Gasteiger charge is -2.13. The van der Waals surface area contributed by atoms with Crippen LogP contribution in [0.2, 0.25) is 0 Å². The molecule has 2 aromatic rings. The molecule has 1 amide bonds. The largest absolute Gasteiger partial charge is 0.508 e. The number of hydrogen-bond donors (Lipinski definition) is 2. The van der Waals surface area contributed by atoms with Crippen molar-refractivity contribution in [2.45, 2.75) is 19.9 Å². The molecule has 1 aromatic carbocycles. The fourth-order valence-electron chi connectivity index (χ4n) is 1.83. The summed E-state index contributed by atoms with van der Waals surface area (Å²) in [5.74, 6) is 0.653. The molecular weight excluding hydrogens is 244 g/mol. The van der Waals surface area contributed by atoms with E-state index in [1.54, 1.807) is 30.0 Å². The Balaban J connectivity index is 2.13. The van der Waals surface area contributed by atoms with Crippen molar-refractivity contribution in [2.24, 2.45) is 7.05 Å². The summed E-state index contributed by atoms with van der Waals surface area (Å²) < 4.78 is 1.76. The number of amides is 1. The van der Waals surface area contributed by atoms with Crippen LogP contribution in [-0.4, -0.2) is 25.8 Å². The van der Waals surface area contributed by atoms with Crippen molar-refractivity contribution in [1.29, 1.82) is 0 Å². The van der Waals surface area contributed by atoms with E-state index in [0.29, 0.717) is 17.0 Å². The van der Waals surface area contributed by atoms with E-state index in [0.717, 1.165) is 0 Å². The lowest BCUT2D eigenvalue weighted by Crippen LogP contribution is -2.28. The average molecular weight is 260 g/mol. The molecule has 0 aliphatic carbocycles. The number of benzene rings is 1. The smallest absolute Gasteiger partial charge is 0.251 e. The number of aromatic nitrogens is 3. The molecule has 1 aromatic heterocycles. The van der Waals surface area contributed by atoms with Gasteiger partial charge in [0, 0.05) is 12.6 Å². The lowest BCUT2D eigenvalue weighted by atomic mass is 10.1. The van der Waals surface area contributed by atoms with Crippen molar-refractivity contribution < 1.29 is 9.90 Å². The van der Waals surface area contributed by atoms with E-state index in [4.69, 9.17) is 0 Å². The van der Waals surface area contributed by atoms with E-state index in [2.05, 4.69) is 15.5 Å². The topological polar surface area (TPSA) is 80.0 Å². The highest BCUT2D eigenvalue weighted by Gasteiger charge is 2.15. The van der Waals surface area contributed by atoms with Crippen molar-refractivity contribution in [3.63, 3.8) is 0 Å². The fourth-order valence-corrected chi connectivity index (χ4v) is 1.83. The molecule has 0 fully saturated rings. The Morgan fingerprint density at radius 3 is 2.79 bits per heavy atom. The van der Waals surface area contributed by atoms with Crippen LogP contribution in [0.25, 0.3) is 0 Å². The monoisotopic (exact) mass is 260 g/mol. The molecule has 0 aliphatic heterocycles. The van der Waals surface area contributed by atoms with Crippen molar-refractivity contribution in [3.8, 4) is 5.75 Å². The van der Waals surface area contributed by atoms with Crippen LogP contribution in [0.15, 0.2) is 24.5 Å². The molecule has 0 saturated carbocycles. The third-order valence-electron chi connectivity index (χ3n) is 2.94. The quantitative estimate of drug-likeness (QED) is 0.872. The minimum absolute atomic E-state index is 0.179. The third-order valence-corrected chi connectivity index (χ3v) is 2.94. The number of phenolic OH excluding ortho intramolecular Hbond substituents is 1. The Kier molecular flexibility index (Phi) is 3.50. The van der Waals surface area contributed by atoms with Gasteiger partial charge in [-0.25, -0.2) is 0 Å². The van der Waals surface area contributed by atoms with Gasteiger partial charge in [-0.2, -0.15) is 0 Å². The summed E-state index contributed by atoms with van der Waals surface area (Å²) >= 11 is 0. The summed E-state index contributed by atoms with van der Waals surface area (Å²) in [4.78, 5) is 12.1. The first-order chi connectivity index (χ1) is 8.99. The first-order valence-corrected chi connectivity index (χ1v) is 5.93. The summed E-state index contributed by atoms with van der Waals surface area (Å²) in [6, 6.07) is 4.50. The second kappa shape index (κ2) is 5.09. The molecule has 1 heterocycles. The molecule has 0 aliphatic rings. The first kappa shape index (κ1) is 13.1. The van der Waals surface area contributed by atoms with Gasteiger partial charge in [-0.05, 0) is 37.6 Å². The van der Waals surface area contributed by atoms with Gasteiger partial charge < -0.3 is 15.0 Å². The molecule has 0 radical (unpaired) electrons. The number of carbonyl (C=O) groups is 1. The summed E-state index contributed by atoms with van der Waals surface area (Å²) in [5.41, 5.74) is 1.17. The molecule has 2 rings (SSSR count). The van der Waals surface area contributed by atoms with Crippen LogP contribution in [0.3, 0.4) is 0 Å². The minimum atomic E-state index is -0.242. The molecular formula is C13H16N4O2. The lowest BCUT2D eigenvalue weighted by molar-refractivity contribution is 0.0937. The van der Waals surface area contributed by atoms with Crippen LogP contribution in [0.5, 0.6) is 5.75 Å². The molecule has 0 saturated heterocycles. The van der Waals surface area contributed by atoms with Crippen molar-refractivity contribution in [3.05, 3.63) is 41.5 Å². The SMILES string of the molecule is Cc1cc(C(=O)NC(C)c2nncn2C)ccc1O. The Hall–Kier alpha value is -2.37. The van der Waals surface area contributed by atoms with E-state index in [-0.39, 0.29) is 17.7 Å². The zero-order chi connectivity index (χ0) is 14.0. The van der Waals surface area contributed by atoms with Crippen molar-refractivity contribution in [2.75, 3.05) is 0 Å². The predicted molar refractivity (Wildman–Crippen MR) is 69.7 cm³/mol. The highest BCUT2D eigenvalue weighted by atomic mass is 16.3. The normalized spacial score (nSPS) is 12.2. The first-order valence-electron chi connectivity index (χ1n) is 5.93. The van der Waals surface area contributed by atoms with Gasteiger partial charge in [0.15, 0.2) is 5.82 Å². The number of nitrogens with zero attached hydrogens (tertiary/aromatic N) is 3. The maximum absolute atomic E-state index is 12.1. The van der Waals surface area contributed by atoms with Gasteiger partial charge in [0.1, 0.15) is 12.1 Å². The van der Waals surface area contributed by atoms with Crippen LogP contribution < -0.4 is 5.32 Å². The van der Waals surface area contributed by atoms with Gasteiger partial charge in [-0.1, -0.05) is 0 Å². The summed E-state index contributed by atoms with van der Waals surface area (Å²) in [7, 11) is 1.82. The van der Waals surface area contributed by atoms with E-state index >= 15 is 0 Å². The highest BCUT2D eigenvalue weighted by molar-refractivity contribution is 5.94. The standard InChI is InChI=1S/C13H16N4O2/c1-8-6-10(4-5-11(8)18)13(19)15-9(2)12-16-14-7-17(12)3/h4-7,9,18H,1-3H3,(H,15,19). The highest BCUT2D eigenvalue weighted by Crippen LogP contribution is 2.17. The van der Waals surface area contributed by atoms with Crippen LogP contribution in [-0.2, 0) is 7.05 Å². The number of aryl methyl sites for hydroxylation is 2. The molecule has 0 bridgehead atoms. The number of nitrogens with one attached hydrogen (secondary N) is 1. The molecule has 6 nitrogen and oxygen atoms in total. The van der Waals surface area contributed by atoms with Crippen LogP contribution >= 0.6 is 0 Å². The average Bonchev–Trinajstić information content (AvgIpc) is 2.79. The van der Waals surface area contributed by atoms with Crippen LogP contribution in [0.4, 0.5) is 0 Å². The van der Waals surface area contributed by atoms with Gasteiger partial charge in [-0.3, -0.25) is 4.79 Å². The number of hydrogen-bond acceptors (Lipinski definition) is 4. The van der Waals surface area contributed by atoms with Gasteiger partial charge in [0.05, 0.1) is 6.04 Å². The molecule has 2 N–H and O–H groups in total. The molecule has 0 spiro atoms. The number of phenols is 1. The Bertz CT molecular complexity index is 606. The third kappa shape index (κ3) is 2.73. The Morgan fingerprint density at radius 2 is 2.21 bits per heavy atom. The van der Waals surface area contributed by atoms with Gasteiger partial charge in [0.25, 0.3) is 5.91 Å². The maximum Gasteiger partial charge on any atom is 0.251 e. The molecule has 100 valence electrons. The zero-order valence-electron chi connectivity index (χ0n) is 11.1. The van der Waals surface area contributed by atoms with Crippen LogP contribution in [0.1, 0.15) is 34.7 Å². The van der Waals surface area contributed by atoms with Gasteiger partial charge in [0.2, 0.25) is 0 Å². The summed E-state index contributed by atoms with van der Waals surface area (Å²) in [6.45, 7) is 3.59. The fraction of sp³-hybridized carbons (Fsp3) is 0.308. The number of carbonyl (C=O) groups excluding carboxylic acids is 1. The zero-order valence-corrected chi connectivity index (χ0v) is 11.1. The van der Waals surface area contributed by atoms with E-state index in [1.165, 1.54) is 6.07 Å². The summed E-state index contributed by atoms with van der Waals surface area (Å²) in [5, 5.41) is 20.0. The second-order valence-electron chi connectivity index (χ2n) is 4.50. The van der Waals surface area contributed by atoms with E-state index < -0.39 is 0 Å². The summed E-state index contributed by atoms with van der Waals surface area (Å²) in [6.07, 6.45) is 1.59. The molecule has 19 heavy (non-hydrogen) atoms. The molecule has 1 unspecified atom stereocenters. The maximum atomic E-state index is 12.1. The second-order valence-corrected chi connectivity index (χ2v) is 4.50. The molecule has 6 heteroatoms. The Labute approximate surface area is 111 Å². The van der Waals surface area contributed by atoms with Crippen molar-refractivity contribution in [1.82, 2.24) is 20.1 Å².